The summed E-state index contributed by atoms with van der Waals surface area (Å²) in [5.74, 6) is 0. The molecule has 4 aromatic rings. The second-order valence-corrected chi connectivity index (χ2v) is 6.30. The second kappa shape index (κ2) is 7.36. The van der Waals surface area contributed by atoms with Crippen molar-refractivity contribution < 1.29 is 51.4 Å². The predicted octanol–water partition coefficient (Wildman–Crippen LogP) is 1.89. The summed E-state index contributed by atoms with van der Waals surface area (Å²) in [6.45, 7) is 0. The minimum atomic E-state index is 0. The molecule has 0 fully saturated rings. The van der Waals surface area contributed by atoms with Crippen LogP contribution in [0.1, 0.15) is 0 Å². The van der Waals surface area contributed by atoms with Crippen LogP contribution in [0.4, 0.5) is 0 Å². The molecule has 4 aromatic carbocycles. The molecule has 0 heterocycles. The minimum absolute atomic E-state index is 0. The Kier molecular flexibility index (Phi) is 5.46. The van der Waals surface area contributed by atoms with Gasteiger partial charge >= 0.3 is 51.4 Å². The third kappa shape index (κ3) is 3.21. The zero-order valence-electron chi connectivity index (χ0n) is 12.5. The van der Waals surface area contributed by atoms with Gasteiger partial charge < -0.3 is 8.58 Å². The van der Waals surface area contributed by atoms with Gasteiger partial charge in [-0.3, -0.25) is 0 Å². The van der Waals surface area contributed by atoms with Gasteiger partial charge in [0.1, 0.15) is 0 Å². The smallest absolute Gasteiger partial charge is 0.471 e. The van der Waals surface area contributed by atoms with Crippen LogP contribution in [0.15, 0.2) is 84.9 Å². The van der Waals surface area contributed by atoms with Crippen molar-refractivity contribution in [1.29, 1.82) is 0 Å². The summed E-state index contributed by atoms with van der Waals surface area (Å²) in [5, 5.41) is 8.03. The first-order valence-corrected chi connectivity index (χ1v) is 7.98. The average Bonchev–Trinajstić information content (AvgIpc) is 2.56. The maximum Gasteiger partial charge on any atom is 1.00 e. The molecule has 0 bridgehead atoms. The van der Waals surface area contributed by atoms with Crippen LogP contribution in [0, 0.1) is 0 Å². The molecule has 0 nitrogen and oxygen atoms in total. The molecule has 0 amide bonds. The summed E-state index contributed by atoms with van der Waals surface area (Å²) in [6, 6.07) is 30.3. The van der Waals surface area contributed by atoms with Crippen molar-refractivity contribution in [1.82, 2.24) is 0 Å². The fraction of sp³-hybridized carbons (Fsp3) is 0. The average molecular weight is 324 g/mol. The molecule has 0 saturated carbocycles. The molecule has 0 N–H and O–H groups in total. The van der Waals surface area contributed by atoms with Gasteiger partial charge in [0.25, 0.3) is 0 Å². The normalized spacial score (nSPS) is 10.5. The number of hydrogen-bond acceptors (Lipinski definition) is 0. The van der Waals surface area contributed by atoms with Crippen LogP contribution < -0.4 is 62.0 Å². The fourth-order valence-corrected chi connectivity index (χ4v) is 3.97. The van der Waals surface area contributed by atoms with E-state index in [1.54, 1.807) is 0 Å². The molecule has 4 rings (SSSR count). The third-order valence-electron chi connectivity index (χ3n) is 3.77. The molecule has 2 heteroatoms. The van der Waals surface area contributed by atoms with E-state index in [0.29, 0.717) is 0 Å². The van der Waals surface area contributed by atoms with E-state index in [1.807, 2.05) is 0 Å². The van der Waals surface area contributed by atoms with Gasteiger partial charge in [0.15, 0.2) is 0 Å². The largest absolute Gasteiger partial charge is 1.00 e. The van der Waals surface area contributed by atoms with Crippen LogP contribution in [-0.4, -0.2) is 0 Å². The van der Waals surface area contributed by atoms with Gasteiger partial charge in [-0.15, -0.1) is 0 Å². The van der Waals surface area contributed by atoms with Crippen molar-refractivity contribution in [3.63, 3.8) is 0 Å². The first-order chi connectivity index (χ1) is 10.4. The van der Waals surface area contributed by atoms with E-state index < -0.39 is 0 Å². The Morgan fingerprint density at radius 2 is 0.864 bits per heavy atom. The van der Waals surface area contributed by atoms with Crippen LogP contribution in [-0.2, 0) is 0 Å². The SMILES string of the molecule is [K+].c1ccc2c([P-]c3cccc4ccccc34)cccc2c1. The molecule has 0 aliphatic rings. The second-order valence-electron chi connectivity index (χ2n) is 5.11. The predicted molar refractivity (Wildman–Crippen MR) is 94.1 cm³/mol. The molecule has 100 valence electrons. The monoisotopic (exact) mass is 324 g/mol. The Bertz CT molecular complexity index is 843. The number of fused-ring (bicyclic) bond motifs is 2. The van der Waals surface area contributed by atoms with E-state index >= 15 is 0 Å². The van der Waals surface area contributed by atoms with Crippen LogP contribution >= 0.6 is 8.58 Å². The van der Waals surface area contributed by atoms with Crippen molar-refractivity contribution in [3.05, 3.63) is 84.9 Å². The van der Waals surface area contributed by atoms with Crippen LogP contribution in [0.25, 0.3) is 21.5 Å². The summed E-state index contributed by atoms with van der Waals surface area (Å²) in [6.07, 6.45) is 0. The first kappa shape index (κ1) is 16.3. The Labute approximate surface area is 175 Å². The maximum atomic E-state index is 2.23. The Hall–Kier alpha value is -0.534. The van der Waals surface area contributed by atoms with Crippen LogP contribution in [0.5, 0.6) is 0 Å². The first-order valence-electron chi connectivity index (χ1n) is 7.09. The van der Waals surface area contributed by atoms with Gasteiger partial charge in [0, 0.05) is 0 Å². The van der Waals surface area contributed by atoms with E-state index in [-0.39, 0.29) is 51.4 Å². The minimum Gasteiger partial charge on any atom is -0.471 e. The summed E-state index contributed by atoms with van der Waals surface area (Å²) < 4.78 is 0. The molecule has 22 heavy (non-hydrogen) atoms. The van der Waals surface area contributed by atoms with Crippen molar-refractivity contribution in [2.75, 3.05) is 0 Å². The van der Waals surface area contributed by atoms with E-state index in [1.165, 1.54) is 40.7 Å². The van der Waals surface area contributed by atoms with Crippen molar-refractivity contribution in [3.8, 4) is 0 Å². The molecule has 0 aromatic heterocycles. The molecule has 0 atom stereocenters. The molecular formula is C20H14KP. The summed E-state index contributed by atoms with van der Waals surface area (Å²) in [4.78, 5) is 0. The maximum absolute atomic E-state index is 2.23. The van der Waals surface area contributed by atoms with Gasteiger partial charge in [0.2, 0.25) is 0 Å². The Morgan fingerprint density at radius 1 is 0.455 bits per heavy atom. The summed E-state index contributed by atoms with van der Waals surface area (Å²) in [5.41, 5.74) is 0. The molecule has 0 aliphatic heterocycles. The van der Waals surface area contributed by atoms with Crippen LogP contribution in [0.2, 0.25) is 0 Å². The van der Waals surface area contributed by atoms with Gasteiger partial charge in [-0.05, 0) is 21.5 Å². The van der Waals surface area contributed by atoms with Crippen molar-refractivity contribution >= 4 is 40.7 Å². The quantitative estimate of drug-likeness (QED) is 0.390. The Morgan fingerprint density at radius 3 is 1.36 bits per heavy atom. The molecule has 0 spiro atoms. The van der Waals surface area contributed by atoms with E-state index in [0.717, 1.165) is 0 Å². The van der Waals surface area contributed by atoms with E-state index in [4.69, 9.17) is 0 Å². The van der Waals surface area contributed by atoms with E-state index in [2.05, 4.69) is 84.9 Å². The summed E-state index contributed by atoms with van der Waals surface area (Å²) in [7, 11) is 1.27. The van der Waals surface area contributed by atoms with Gasteiger partial charge in [0.05, 0.1) is 0 Å². The van der Waals surface area contributed by atoms with Gasteiger partial charge in [-0.25, -0.2) is 0 Å². The number of hydrogen-bond donors (Lipinski definition) is 0. The van der Waals surface area contributed by atoms with Crippen molar-refractivity contribution in [2.45, 2.75) is 0 Å². The molecule has 0 saturated heterocycles. The van der Waals surface area contributed by atoms with Gasteiger partial charge in [-0.1, -0.05) is 84.9 Å². The zero-order valence-corrected chi connectivity index (χ0v) is 16.5. The van der Waals surface area contributed by atoms with E-state index in [9.17, 15) is 0 Å². The van der Waals surface area contributed by atoms with Crippen LogP contribution in [0.3, 0.4) is 0 Å². The molecule has 0 radical (unpaired) electrons. The zero-order chi connectivity index (χ0) is 14.1. The molecular weight excluding hydrogens is 310 g/mol. The third-order valence-corrected chi connectivity index (χ3v) is 5.04. The fourth-order valence-electron chi connectivity index (χ4n) is 2.74. The topological polar surface area (TPSA) is 0 Å². The summed E-state index contributed by atoms with van der Waals surface area (Å²) >= 11 is 0. The van der Waals surface area contributed by atoms with Crippen molar-refractivity contribution in [2.24, 2.45) is 0 Å². The van der Waals surface area contributed by atoms with Gasteiger partial charge in [-0.2, -0.15) is 10.6 Å². The molecule has 0 unspecified atom stereocenters. The number of rotatable bonds is 2. The number of benzene rings is 4. The standard InChI is InChI=1S/C20H14P.K/c1-3-11-17-15(7-1)9-5-13-19(17)21-20-14-6-10-16-8-2-4-12-18(16)20;/h1-14H;/q-1;+1. The Balaban J connectivity index is 0.00000144. The molecule has 0 aliphatic carbocycles.